The van der Waals surface area contributed by atoms with Gasteiger partial charge in [0.15, 0.2) is 0 Å². The van der Waals surface area contributed by atoms with Crippen LogP contribution in [0, 0.1) is 0 Å². The number of aliphatic hydroxyl groups excluding tert-OH is 1. The van der Waals surface area contributed by atoms with Crippen LogP contribution in [0.15, 0.2) is 12.4 Å². The van der Waals surface area contributed by atoms with E-state index in [4.69, 9.17) is 10.2 Å². The Bertz CT molecular complexity index is 59.8. The predicted molar refractivity (Wildman–Crippen MR) is 18.5 cm³/mol. The summed E-state index contributed by atoms with van der Waals surface area (Å²) in [7, 11) is 0. The minimum atomic E-state index is -2.01. The molecule has 0 bridgehead atoms. The van der Waals surface area contributed by atoms with Crippen molar-refractivity contribution in [2.45, 2.75) is 6.29 Å². The summed E-state index contributed by atoms with van der Waals surface area (Å²) in [5.74, 6) is -1.13. The van der Waals surface area contributed by atoms with E-state index in [0.29, 0.717) is 0 Å². The van der Waals surface area contributed by atoms with E-state index in [0.717, 1.165) is 0 Å². The topological polar surface area (TPSA) is 40.5 Å². The molecule has 0 aromatic carbocycles. The van der Waals surface area contributed by atoms with Crippen molar-refractivity contribution in [1.82, 2.24) is 0 Å². The van der Waals surface area contributed by atoms with Crippen LogP contribution in [0.2, 0.25) is 0 Å². The summed E-state index contributed by atoms with van der Waals surface area (Å²) >= 11 is 0. The normalized spacial score (nSPS) is 9.33. The standard InChI is InChI=1S/C3H5FO2/c1-2(4)3(5)6/h3,5-6H,1H2. The summed E-state index contributed by atoms with van der Waals surface area (Å²) in [6.45, 7) is 2.59. The lowest BCUT2D eigenvalue weighted by molar-refractivity contribution is -0.0236. The smallest absolute Gasteiger partial charge is 0.205 e. The van der Waals surface area contributed by atoms with Crippen LogP contribution in [0.25, 0.3) is 0 Å². The largest absolute Gasteiger partial charge is 0.363 e. The van der Waals surface area contributed by atoms with Crippen LogP contribution in [0.1, 0.15) is 0 Å². The van der Waals surface area contributed by atoms with Crippen LogP contribution in [0.5, 0.6) is 0 Å². The first-order valence-electron chi connectivity index (χ1n) is 1.35. The third-order valence-electron chi connectivity index (χ3n) is 0.280. The number of halogens is 1. The van der Waals surface area contributed by atoms with Gasteiger partial charge in [0, 0.05) is 0 Å². The average molecular weight is 92.1 g/mol. The molecular formula is C3H5FO2. The summed E-state index contributed by atoms with van der Waals surface area (Å²) in [6.07, 6.45) is -2.01. The molecule has 36 valence electrons. The van der Waals surface area contributed by atoms with Crippen molar-refractivity contribution in [2.24, 2.45) is 0 Å². The predicted octanol–water partition coefficient (Wildman–Crippen LogP) is -0.220. The minimum Gasteiger partial charge on any atom is -0.363 e. The Balaban J connectivity index is 3.26. The number of hydrogen-bond acceptors (Lipinski definition) is 2. The molecule has 0 spiro atoms. The quantitative estimate of drug-likeness (QED) is 0.439. The summed E-state index contributed by atoms with van der Waals surface area (Å²) in [4.78, 5) is 0. The molecule has 0 aromatic heterocycles. The maximum Gasteiger partial charge on any atom is 0.205 e. The fraction of sp³-hybridized carbons (Fsp3) is 0.333. The first kappa shape index (κ1) is 5.59. The molecule has 0 atom stereocenters. The lowest BCUT2D eigenvalue weighted by atomic mass is 10.6. The molecule has 0 saturated heterocycles. The fourth-order valence-electron chi connectivity index (χ4n) is 0. The lowest BCUT2D eigenvalue weighted by Crippen LogP contribution is -2.02. The molecule has 0 rings (SSSR count). The van der Waals surface area contributed by atoms with E-state index in [1.165, 1.54) is 0 Å². The van der Waals surface area contributed by atoms with Crippen LogP contribution < -0.4 is 0 Å². The fourth-order valence-corrected chi connectivity index (χ4v) is 0. The average Bonchev–Trinajstić information content (AvgIpc) is 1.36. The van der Waals surface area contributed by atoms with Crippen molar-refractivity contribution in [2.75, 3.05) is 0 Å². The van der Waals surface area contributed by atoms with Crippen LogP contribution in [-0.2, 0) is 0 Å². The first-order valence-corrected chi connectivity index (χ1v) is 1.35. The molecule has 0 aliphatic rings. The number of hydrogen-bond donors (Lipinski definition) is 2. The van der Waals surface area contributed by atoms with Gasteiger partial charge in [0.2, 0.25) is 6.29 Å². The van der Waals surface area contributed by atoms with Gasteiger partial charge in [-0.15, -0.1) is 0 Å². The van der Waals surface area contributed by atoms with Crippen molar-refractivity contribution < 1.29 is 14.6 Å². The van der Waals surface area contributed by atoms with E-state index in [2.05, 4.69) is 6.58 Å². The second kappa shape index (κ2) is 1.89. The summed E-state index contributed by atoms with van der Waals surface area (Å²) in [5.41, 5.74) is 0. The molecule has 0 aromatic rings. The third-order valence-corrected chi connectivity index (χ3v) is 0.280. The van der Waals surface area contributed by atoms with E-state index in [1.54, 1.807) is 0 Å². The van der Waals surface area contributed by atoms with Gasteiger partial charge in [0.1, 0.15) is 5.83 Å². The molecule has 0 saturated carbocycles. The molecular weight excluding hydrogens is 87.0 g/mol. The van der Waals surface area contributed by atoms with E-state index in [-0.39, 0.29) is 0 Å². The van der Waals surface area contributed by atoms with Crippen molar-refractivity contribution in [3.63, 3.8) is 0 Å². The Kier molecular flexibility index (Phi) is 1.76. The molecule has 3 heteroatoms. The maximum absolute atomic E-state index is 11.1. The Morgan fingerprint density at radius 1 is 1.67 bits per heavy atom. The van der Waals surface area contributed by atoms with E-state index < -0.39 is 12.1 Å². The molecule has 0 radical (unpaired) electrons. The zero-order chi connectivity index (χ0) is 5.15. The second-order valence-electron chi connectivity index (χ2n) is 0.821. The van der Waals surface area contributed by atoms with Gasteiger partial charge >= 0.3 is 0 Å². The van der Waals surface area contributed by atoms with Gasteiger partial charge < -0.3 is 10.2 Å². The lowest BCUT2D eigenvalue weighted by Gasteiger charge is -1.91. The van der Waals surface area contributed by atoms with Crippen LogP contribution in [0.4, 0.5) is 4.39 Å². The van der Waals surface area contributed by atoms with E-state index >= 15 is 0 Å². The Labute approximate surface area is 34.5 Å². The molecule has 2 N–H and O–H groups in total. The van der Waals surface area contributed by atoms with Crippen LogP contribution in [-0.4, -0.2) is 16.5 Å². The number of rotatable bonds is 1. The monoisotopic (exact) mass is 92.0 g/mol. The van der Waals surface area contributed by atoms with Crippen molar-refractivity contribution >= 4 is 0 Å². The Morgan fingerprint density at radius 2 is 1.83 bits per heavy atom. The number of aliphatic hydroxyl groups is 2. The van der Waals surface area contributed by atoms with Gasteiger partial charge in [0.25, 0.3) is 0 Å². The van der Waals surface area contributed by atoms with Gasteiger partial charge in [-0.3, -0.25) is 0 Å². The van der Waals surface area contributed by atoms with Crippen molar-refractivity contribution in [1.29, 1.82) is 0 Å². The summed E-state index contributed by atoms with van der Waals surface area (Å²) in [6, 6.07) is 0. The van der Waals surface area contributed by atoms with E-state index in [1.807, 2.05) is 0 Å². The maximum atomic E-state index is 11.1. The zero-order valence-corrected chi connectivity index (χ0v) is 3.06. The van der Waals surface area contributed by atoms with Crippen molar-refractivity contribution in [3.8, 4) is 0 Å². The molecule has 6 heavy (non-hydrogen) atoms. The van der Waals surface area contributed by atoms with Gasteiger partial charge in [-0.1, -0.05) is 6.58 Å². The molecule has 0 amide bonds. The Hall–Kier alpha value is -0.410. The second-order valence-corrected chi connectivity index (χ2v) is 0.821. The zero-order valence-electron chi connectivity index (χ0n) is 3.06. The molecule has 0 unspecified atom stereocenters. The Morgan fingerprint density at radius 3 is 1.83 bits per heavy atom. The summed E-state index contributed by atoms with van der Waals surface area (Å²) in [5, 5.41) is 15.4. The van der Waals surface area contributed by atoms with Crippen LogP contribution in [0.3, 0.4) is 0 Å². The van der Waals surface area contributed by atoms with Gasteiger partial charge in [-0.2, -0.15) is 0 Å². The third kappa shape index (κ3) is 1.87. The first-order chi connectivity index (χ1) is 2.64. The summed E-state index contributed by atoms with van der Waals surface area (Å²) < 4.78 is 11.1. The van der Waals surface area contributed by atoms with Gasteiger partial charge in [-0.05, 0) is 0 Å². The molecule has 0 heterocycles. The molecule has 2 nitrogen and oxygen atoms in total. The van der Waals surface area contributed by atoms with Crippen LogP contribution >= 0.6 is 0 Å². The van der Waals surface area contributed by atoms with Gasteiger partial charge in [0.05, 0.1) is 0 Å². The highest BCUT2D eigenvalue weighted by atomic mass is 19.1. The molecule has 0 aliphatic heterocycles. The van der Waals surface area contributed by atoms with E-state index in [9.17, 15) is 4.39 Å². The SMILES string of the molecule is C=C(F)C(O)O. The highest BCUT2D eigenvalue weighted by molar-refractivity contribution is 4.81. The van der Waals surface area contributed by atoms with Crippen molar-refractivity contribution in [3.05, 3.63) is 12.4 Å². The molecule has 0 aliphatic carbocycles. The molecule has 0 fully saturated rings. The van der Waals surface area contributed by atoms with Gasteiger partial charge in [-0.25, -0.2) is 4.39 Å². The highest BCUT2D eigenvalue weighted by Crippen LogP contribution is 1.92. The highest BCUT2D eigenvalue weighted by Gasteiger charge is 1.97. The minimum absolute atomic E-state index is 1.13.